The normalized spacial score (nSPS) is 11.8. The molecule has 0 atom stereocenters. The zero-order chi connectivity index (χ0) is 20.1. The van der Waals surface area contributed by atoms with Gasteiger partial charge in [0, 0.05) is 18.7 Å². The van der Waals surface area contributed by atoms with Gasteiger partial charge >= 0.3 is 5.51 Å². The highest BCUT2D eigenvalue weighted by Crippen LogP contribution is 2.34. The smallest absolute Gasteiger partial charge is 0.501 e. The molecular formula is C17H17F3N2O4S. The van der Waals surface area contributed by atoms with Gasteiger partial charge in [-0.25, -0.2) is 8.42 Å². The second kappa shape index (κ2) is 8.30. The van der Waals surface area contributed by atoms with Crippen LogP contribution in [0, 0.1) is 0 Å². The molecule has 0 bridgehead atoms. The van der Waals surface area contributed by atoms with E-state index in [0.717, 1.165) is 6.07 Å². The predicted molar refractivity (Wildman–Crippen MR) is 93.2 cm³/mol. The molecule has 0 aromatic heterocycles. The Morgan fingerprint density at radius 1 is 1.04 bits per heavy atom. The van der Waals surface area contributed by atoms with E-state index in [4.69, 9.17) is 0 Å². The number of hydrogen-bond donors (Lipinski definition) is 3. The van der Waals surface area contributed by atoms with Crippen LogP contribution >= 0.6 is 0 Å². The van der Waals surface area contributed by atoms with Gasteiger partial charge in [0.05, 0.1) is 10.6 Å². The highest BCUT2D eigenvalue weighted by atomic mass is 32.2. The zero-order valence-electron chi connectivity index (χ0n) is 14.0. The maximum atomic E-state index is 12.7. The Labute approximate surface area is 153 Å². The summed E-state index contributed by atoms with van der Waals surface area (Å²) in [4.78, 5) is 11.0. The Kier molecular flexibility index (Phi) is 6.32. The molecule has 0 aliphatic heterocycles. The standard InChI is InChI=1S/C17H17F3N2O4S/c18-17(19,20)27(25,26)15-8-2-1-7-14(15)21-9-4-10-22-16(24)12-5-3-6-13(23)11-12/h1-3,5-8,11,21,23H,4,9-10H2,(H,22,24). The second-order valence-corrected chi connectivity index (χ2v) is 7.44. The van der Waals surface area contributed by atoms with Gasteiger partial charge in [-0.2, -0.15) is 13.2 Å². The number of phenolic OH excluding ortho intramolecular Hbond substituents is 1. The number of halogens is 3. The Bertz CT molecular complexity index is 914. The molecule has 3 N–H and O–H groups in total. The number of amides is 1. The third-order valence-corrected chi connectivity index (χ3v) is 5.09. The van der Waals surface area contributed by atoms with E-state index < -0.39 is 26.1 Å². The third-order valence-electron chi connectivity index (χ3n) is 3.54. The number of alkyl halides is 3. The molecule has 1 amide bonds. The third kappa shape index (κ3) is 5.13. The van der Waals surface area contributed by atoms with Crippen LogP contribution in [0.5, 0.6) is 5.75 Å². The van der Waals surface area contributed by atoms with E-state index in [9.17, 15) is 31.5 Å². The van der Waals surface area contributed by atoms with Crippen LogP contribution < -0.4 is 10.6 Å². The minimum atomic E-state index is -5.46. The highest BCUT2D eigenvalue weighted by molar-refractivity contribution is 7.92. The minimum absolute atomic E-state index is 0.0493. The van der Waals surface area contributed by atoms with Crippen molar-refractivity contribution in [1.82, 2.24) is 5.32 Å². The maximum absolute atomic E-state index is 12.7. The predicted octanol–water partition coefficient (Wildman–Crippen LogP) is 2.92. The van der Waals surface area contributed by atoms with Crippen LogP contribution in [0.2, 0.25) is 0 Å². The van der Waals surface area contributed by atoms with Gasteiger partial charge in [0.15, 0.2) is 0 Å². The molecule has 27 heavy (non-hydrogen) atoms. The quantitative estimate of drug-likeness (QED) is 0.619. The van der Waals surface area contributed by atoms with E-state index in [1.54, 1.807) is 0 Å². The van der Waals surface area contributed by atoms with Gasteiger partial charge in [0.2, 0.25) is 0 Å². The first-order chi connectivity index (χ1) is 12.6. The van der Waals surface area contributed by atoms with Crippen LogP contribution in [0.3, 0.4) is 0 Å². The maximum Gasteiger partial charge on any atom is 0.501 e. The number of phenols is 1. The second-order valence-electron chi connectivity index (χ2n) is 5.53. The van der Waals surface area contributed by atoms with Gasteiger partial charge in [-0.1, -0.05) is 18.2 Å². The van der Waals surface area contributed by atoms with Crippen molar-refractivity contribution < 1.29 is 31.5 Å². The van der Waals surface area contributed by atoms with Crippen molar-refractivity contribution in [2.24, 2.45) is 0 Å². The first-order valence-corrected chi connectivity index (χ1v) is 9.33. The fourth-order valence-corrected chi connectivity index (χ4v) is 3.17. The lowest BCUT2D eigenvalue weighted by Crippen LogP contribution is -2.26. The van der Waals surface area contributed by atoms with E-state index >= 15 is 0 Å². The minimum Gasteiger partial charge on any atom is -0.508 e. The number of anilines is 1. The van der Waals surface area contributed by atoms with Crippen molar-refractivity contribution in [3.05, 3.63) is 54.1 Å². The number of sulfone groups is 1. The monoisotopic (exact) mass is 402 g/mol. The molecular weight excluding hydrogens is 385 g/mol. The van der Waals surface area contributed by atoms with Gasteiger partial charge in [0.25, 0.3) is 15.7 Å². The van der Waals surface area contributed by atoms with Crippen LogP contribution in [-0.4, -0.2) is 38.0 Å². The van der Waals surface area contributed by atoms with Gasteiger partial charge in [0.1, 0.15) is 5.75 Å². The molecule has 0 aliphatic carbocycles. The molecule has 0 heterocycles. The number of para-hydroxylation sites is 1. The molecule has 0 unspecified atom stereocenters. The van der Waals surface area contributed by atoms with Crippen LogP contribution in [-0.2, 0) is 9.84 Å². The summed E-state index contributed by atoms with van der Waals surface area (Å²) in [6.45, 7) is 0.348. The molecule has 2 aromatic carbocycles. The van der Waals surface area contributed by atoms with E-state index in [-0.39, 0.29) is 30.1 Å². The number of rotatable bonds is 7. The number of hydrogen-bond acceptors (Lipinski definition) is 5. The Morgan fingerprint density at radius 2 is 1.74 bits per heavy atom. The van der Waals surface area contributed by atoms with E-state index in [0.29, 0.717) is 6.42 Å². The topological polar surface area (TPSA) is 95.5 Å². The number of nitrogens with one attached hydrogen (secondary N) is 2. The van der Waals surface area contributed by atoms with Crippen molar-refractivity contribution in [3.63, 3.8) is 0 Å². The summed E-state index contributed by atoms with van der Waals surface area (Å²) in [5.41, 5.74) is -5.28. The molecule has 146 valence electrons. The molecule has 0 aliphatic rings. The lowest BCUT2D eigenvalue weighted by Gasteiger charge is -2.14. The van der Waals surface area contributed by atoms with Crippen LogP contribution in [0.4, 0.5) is 18.9 Å². The largest absolute Gasteiger partial charge is 0.508 e. The van der Waals surface area contributed by atoms with Crippen LogP contribution in [0.1, 0.15) is 16.8 Å². The number of carbonyl (C=O) groups excluding carboxylic acids is 1. The fraction of sp³-hybridized carbons (Fsp3) is 0.235. The summed E-state index contributed by atoms with van der Waals surface area (Å²) in [7, 11) is -5.46. The number of carbonyl (C=O) groups is 1. The molecule has 2 rings (SSSR count). The number of aromatic hydroxyl groups is 1. The van der Waals surface area contributed by atoms with E-state index in [1.807, 2.05) is 0 Å². The average Bonchev–Trinajstić information content (AvgIpc) is 2.60. The Morgan fingerprint density at radius 3 is 2.41 bits per heavy atom. The Balaban J connectivity index is 1.91. The lowest BCUT2D eigenvalue weighted by atomic mass is 10.2. The SMILES string of the molecule is O=C(NCCCNc1ccccc1S(=O)(=O)C(F)(F)F)c1cccc(O)c1. The number of benzene rings is 2. The first-order valence-electron chi connectivity index (χ1n) is 7.84. The van der Waals surface area contributed by atoms with Crippen molar-refractivity contribution >= 4 is 21.4 Å². The summed E-state index contributed by atoms with van der Waals surface area (Å²) in [6.07, 6.45) is 0.338. The zero-order valence-corrected chi connectivity index (χ0v) is 14.8. The molecule has 0 spiro atoms. The average molecular weight is 402 g/mol. The molecule has 0 radical (unpaired) electrons. The van der Waals surface area contributed by atoms with Crippen molar-refractivity contribution in [2.45, 2.75) is 16.8 Å². The Hall–Kier alpha value is -2.75. The fourth-order valence-electron chi connectivity index (χ4n) is 2.23. The summed E-state index contributed by atoms with van der Waals surface area (Å²) in [5.74, 6) is -0.460. The van der Waals surface area contributed by atoms with Gasteiger partial charge in [-0.15, -0.1) is 0 Å². The molecule has 10 heteroatoms. The molecule has 6 nitrogen and oxygen atoms in total. The first kappa shape index (κ1) is 20.6. The highest BCUT2D eigenvalue weighted by Gasteiger charge is 2.47. The molecule has 2 aromatic rings. The van der Waals surface area contributed by atoms with Gasteiger partial charge in [-0.05, 0) is 36.8 Å². The van der Waals surface area contributed by atoms with Crippen molar-refractivity contribution in [3.8, 4) is 5.75 Å². The summed E-state index contributed by atoms with van der Waals surface area (Å²) in [5, 5.41) is 14.6. The van der Waals surface area contributed by atoms with Gasteiger partial charge < -0.3 is 15.7 Å². The molecule has 0 saturated heterocycles. The summed E-state index contributed by atoms with van der Waals surface area (Å²) < 4.78 is 61.4. The van der Waals surface area contributed by atoms with E-state index in [2.05, 4.69) is 10.6 Å². The van der Waals surface area contributed by atoms with Gasteiger partial charge in [-0.3, -0.25) is 4.79 Å². The molecule has 0 saturated carbocycles. The van der Waals surface area contributed by atoms with Crippen molar-refractivity contribution in [1.29, 1.82) is 0 Å². The summed E-state index contributed by atoms with van der Waals surface area (Å²) >= 11 is 0. The molecule has 0 fully saturated rings. The van der Waals surface area contributed by atoms with Crippen LogP contribution in [0.15, 0.2) is 53.4 Å². The lowest BCUT2D eigenvalue weighted by molar-refractivity contribution is -0.0435. The summed E-state index contributed by atoms with van der Waals surface area (Å²) in [6, 6.07) is 10.5. The van der Waals surface area contributed by atoms with Crippen LogP contribution in [0.25, 0.3) is 0 Å². The van der Waals surface area contributed by atoms with Crippen molar-refractivity contribution in [2.75, 3.05) is 18.4 Å². The van der Waals surface area contributed by atoms with E-state index in [1.165, 1.54) is 42.5 Å².